The highest BCUT2D eigenvalue weighted by atomic mass is 33.1. The monoisotopic (exact) mass is 1130 g/mol. The van der Waals surface area contributed by atoms with Gasteiger partial charge in [-0.15, -0.1) is 0 Å². The molecule has 0 aromatic carbocycles. The molecule has 382 valence electrons. The molecule has 1 unspecified atom stereocenters. The van der Waals surface area contributed by atoms with Gasteiger partial charge in [0.2, 0.25) is 4.27 Å². The Labute approximate surface area is 448 Å². The average molecular weight is 1140 g/mol. The fourth-order valence-corrected chi connectivity index (χ4v) is 19.3. The van der Waals surface area contributed by atoms with Gasteiger partial charge in [0.15, 0.2) is 5.44 Å². The molecule has 0 fully saturated rings. The SMILES string of the molecule is CCCCN(CCCC)C(=S)SSOC(SSC(=S)N(CCCC)CCCC)(SSC(=S)N(CCCC)CCCC)C(CO)(CO)C(OC(=O)CO)SSC(=S)N(CCCC)CCCC. The Hall–Kier alpha value is 1.67. The van der Waals surface area contributed by atoms with Crippen LogP contribution in [0.5, 0.6) is 0 Å². The van der Waals surface area contributed by atoms with Crippen LogP contribution in [-0.2, 0) is 13.7 Å². The van der Waals surface area contributed by atoms with Gasteiger partial charge in [-0.25, -0.2) is 4.79 Å². The standard InChI is InChI=1S/C43H82N4O6S12/c1-9-17-25-44(26-18-10-2)38(54)59-58-37(52-36(51)33-48)42(34-49,35-50)43(63-60-39(55)45(27-19-11-3)28-20-12-4,64-61-40(56)46(29-21-13-5)30-22-14-6)53-65-62-41(57)47(31-23-15-7)32-24-16-8/h37,48-50H,9-35H2,1-8H3. The summed E-state index contributed by atoms with van der Waals surface area (Å²) in [5.74, 6) is -0.911. The van der Waals surface area contributed by atoms with Gasteiger partial charge < -0.3 is 39.7 Å². The highest BCUT2D eigenvalue weighted by Crippen LogP contribution is 2.65. The van der Waals surface area contributed by atoms with Crippen LogP contribution in [-0.4, -0.2) is 140 Å². The first-order valence-electron chi connectivity index (χ1n) is 23.6. The van der Waals surface area contributed by atoms with Crippen LogP contribution >= 0.6 is 136 Å². The largest absolute Gasteiger partial charge is 0.448 e. The number of rotatable bonds is 39. The molecular weight excluding hydrogens is 1050 g/mol. The lowest BCUT2D eigenvalue weighted by atomic mass is 9.91. The molecule has 0 saturated heterocycles. The molecule has 0 heterocycles. The van der Waals surface area contributed by atoms with Crippen LogP contribution in [0.15, 0.2) is 0 Å². The zero-order chi connectivity index (χ0) is 48.9. The third-order valence-corrected chi connectivity index (χ3v) is 24.2. The van der Waals surface area contributed by atoms with Gasteiger partial charge in [0.1, 0.15) is 29.3 Å². The van der Waals surface area contributed by atoms with Crippen molar-refractivity contribution in [2.24, 2.45) is 5.41 Å². The first-order valence-corrected chi connectivity index (χ1v) is 33.8. The number of unbranched alkanes of at least 4 members (excludes halogenated alkanes) is 8. The first-order chi connectivity index (χ1) is 31.3. The summed E-state index contributed by atoms with van der Waals surface area (Å²) in [6.45, 7) is 21.3. The molecule has 0 aliphatic heterocycles. The predicted octanol–water partition coefficient (Wildman–Crippen LogP) is 13.7. The zero-order valence-electron chi connectivity index (χ0n) is 40.4. The van der Waals surface area contributed by atoms with Crippen molar-refractivity contribution in [3.05, 3.63) is 0 Å². The predicted molar refractivity (Wildman–Crippen MR) is 314 cm³/mol. The maximum Gasteiger partial charge on any atom is 0.332 e. The second-order valence-corrected chi connectivity index (χ2v) is 27.0. The number of aliphatic hydroxyl groups is 3. The van der Waals surface area contributed by atoms with Crippen LogP contribution in [0.3, 0.4) is 0 Å². The molecule has 10 nitrogen and oxygen atoms in total. The molecule has 0 rings (SSSR count). The van der Waals surface area contributed by atoms with Gasteiger partial charge in [-0.1, -0.05) is 156 Å². The molecule has 0 spiro atoms. The Kier molecular flexibility index (Phi) is 43.3. The van der Waals surface area contributed by atoms with Gasteiger partial charge >= 0.3 is 5.97 Å². The van der Waals surface area contributed by atoms with E-state index in [2.05, 4.69) is 75.0 Å². The smallest absolute Gasteiger partial charge is 0.332 e. The quantitative estimate of drug-likeness (QED) is 0.0178. The van der Waals surface area contributed by atoms with Crippen molar-refractivity contribution in [1.82, 2.24) is 19.6 Å². The van der Waals surface area contributed by atoms with E-state index >= 15 is 0 Å². The van der Waals surface area contributed by atoms with Crippen molar-refractivity contribution < 1.29 is 29.0 Å². The molecule has 0 aliphatic carbocycles. The third kappa shape index (κ3) is 26.3. The number of esters is 1. The zero-order valence-corrected chi connectivity index (χ0v) is 50.2. The molecule has 1 atom stereocenters. The lowest BCUT2D eigenvalue weighted by Crippen LogP contribution is -2.57. The summed E-state index contributed by atoms with van der Waals surface area (Å²) < 4.78 is 14.1. The van der Waals surface area contributed by atoms with E-state index in [1.165, 1.54) is 64.8 Å². The second kappa shape index (κ2) is 42.2. The van der Waals surface area contributed by atoms with Crippen molar-refractivity contribution in [1.29, 1.82) is 0 Å². The summed E-state index contributed by atoms with van der Waals surface area (Å²) >= 11 is 25.5. The number of nitrogens with zero attached hydrogens (tertiary/aromatic N) is 4. The lowest BCUT2D eigenvalue weighted by molar-refractivity contribution is -0.159. The Morgan fingerprint density at radius 1 is 0.492 bits per heavy atom. The number of hydrogen-bond donors (Lipinski definition) is 3. The van der Waals surface area contributed by atoms with Crippen molar-refractivity contribution in [3.8, 4) is 0 Å². The van der Waals surface area contributed by atoms with E-state index in [1.54, 1.807) is 0 Å². The summed E-state index contributed by atoms with van der Waals surface area (Å²) in [5.41, 5.74) is -3.03. The Balaban J connectivity index is 7.91. The first kappa shape index (κ1) is 66.7. The summed E-state index contributed by atoms with van der Waals surface area (Å²) in [6, 6.07) is 0. The minimum absolute atomic E-state index is 0.601. The number of carbonyl (C=O) groups is 1. The van der Waals surface area contributed by atoms with Gasteiger partial charge in [0.25, 0.3) is 0 Å². The Morgan fingerprint density at radius 2 is 0.785 bits per heavy atom. The molecular formula is C43H82N4O6S12. The summed E-state index contributed by atoms with van der Waals surface area (Å²) in [6.07, 6.45) is 15.9. The number of aliphatic hydroxyl groups excluding tert-OH is 3. The molecule has 0 amide bonds. The van der Waals surface area contributed by atoms with Crippen molar-refractivity contribution >= 4 is 159 Å². The molecule has 0 aromatic rings. The van der Waals surface area contributed by atoms with Crippen LogP contribution in [0.1, 0.15) is 158 Å². The Morgan fingerprint density at radius 3 is 1.06 bits per heavy atom. The topological polar surface area (TPSA) is 109 Å². The molecule has 0 bridgehead atoms. The average Bonchev–Trinajstić information content (AvgIpc) is 3.31. The van der Waals surface area contributed by atoms with E-state index in [0.717, 1.165) is 177 Å². The van der Waals surface area contributed by atoms with E-state index < -0.39 is 40.9 Å². The van der Waals surface area contributed by atoms with Gasteiger partial charge in [-0.05, 0) is 116 Å². The second-order valence-electron chi connectivity index (χ2n) is 15.6. The molecule has 0 radical (unpaired) electrons. The third-order valence-electron chi connectivity index (χ3n) is 10.2. The van der Waals surface area contributed by atoms with Gasteiger partial charge in [-0.2, -0.15) is 0 Å². The van der Waals surface area contributed by atoms with Crippen molar-refractivity contribution in [2.45, 2.75) is 168 Å². The number of ether oxygens (including phenoxy) is 1. The maximum absolute atomic E-state index is 13.3. The van der Waals surface area contributed by atoms with Gasteiger partial charge in [0, 0.05) is 63.2 Å². The molecule has 0 aliphatic rings. The van der Waals surface area contributed by atoms with Crippen LogP contribution in [0, 0.1) is 5.41 Å². The summed E-state index contributed by atoms with van der Waals surface area (Å²) in [7, 11) is 8.95. The van der Waals surface area contributed by atoms with Crippen molar-refractivity contribution in [3.63, 3.8) is 0 Å². The highest BCUT2D eigenvalue weighted by molar-refractivity contribution is 8.92. The molecule has 65 heavy (non-hydrogen) atoms. The van der Waals surface area contributed by atoms with Crippen molar-refractivity contribution in [2.75, 3.05) is 72.2 Å². The fraction of sp³-hybridized carbons (Fsp3) is 0.884. The number of thiocarbonyl (C=S) groups is 4. The van der Waals surface area contributed by atoms with Crippen LogP contribution < -0.4 is 0 Å². The minimum Gasteiger partial charge on any atom is -0.448 e. The number of hydrogen-bond acceptors (Lipinski definition) is 18. The lowest BCUT2D eigenvalue weighted by Gasteiger charge is -2.48. The van der Waals surface area contributed by atoms with E-state index in [1.807, 2.05) is 0 Å². The summed E-state index contributed by atoms with van der Waals surface area (Å²) in [4.78, 5) is 22.1. The molecule has 0 aromatic heterocycles. The molecule has 3 N–H and O–H groups in total. The van der Waals surface area contributed by atoms with Crippen LogP contribution in [0.4, 0.5) is 0 Å². The normalized spacial score (nSPS) is 12.2. The van der Waals surface area contributed by atoms with E-state index in [-0.39, 0.29) is 0 Å². The summed E-state index contributed by atoms with van der Waals surface area (Å²) in [5, 5.41) is 34.0. The highest BCUT2D eigenvalue weighted by Gasteiger charge is 2.62. The van der Waals surface area contributed by atoms with Crippen LogP contribution in [0.25, 0.3) is 0 Å². The van der Waals surface area contributed by atoms with E-state index in [0.29, 0.717) is 17.3 Å². The maximum atomic E-state index is 13.3. The van der Waals surface area contributed by atoms with E-state index in [4.69, 9.17) is 57.8 Å². The number of carbonyl (C=O) groups excluding carboxylic acids is 1. The molecule has 0 saturated carbocycles. The molecule has 22 heteroatoms. The minimum atomic E-state index is -1.75. The van der Waals surface area contributed by atoms with E-state index in [9.17, 15) is 20.1 Å². The Bertz CT molecular complexity index is 1230. The fourth-order valence-electron chi connectivity index (χ4n) is 5.75. The van der Waals surface area contributed by atoms with Gasteiger partial charge in [-0.3, -0.25) is 4.18 Å². The van der Waals surface area contributed by atoms with Crippen LogP contribution in [0.2, 0.25) is 0 Å². The van der Waals surface area contributed by atoms with Gasteiger partial charge in [0.05, 0.1) is 24.3 Å².